The summed E-state index contributed by atoms with van der Waals surface area (Å²) in [6.45, 7) is 0.601. The molecule has 0 saturated heterocycles. The summed E-state index contributed by atoms with van der Waals surface area (Å²) in [5.41, 5.74) is 1.12. The molecule has 0 saturated carbocycles. The van der Waals surface area contributed by atoms with Crippen molar-refractivity contribution in [3.05, 3.63) is 51.0 Å². The van der Waals surface area contributed by atoms with Crippen molar-refractivity contribution in [2.75, 3.05) is 7.05 Å². The van der Waals surface area contributed by atoms with E-state index in [0.29, 0.717) is 12.3 Å². The molecule has 0 radical (unpaired) electrons. The lowest BCUT2D eigenvalue weighted by Crippen LogP contribution is -2.23. The highest BCUT2D eigenvalue weighted by atomic mass is 79.9. The van der Waals surface area contributed by atoms with Crippen molar-refractivity contribution in [1.29, 1.82) is 0 Å². The third kappa shape index (κ3) is 3.58. The summed E-state index contributed by atoms with van der Waals surface area (Å²) >= 11 is 5.02. The molecule has 2 aromatic heterocycles. The first kappa shape index (κ1) is 13.1. The van der Waals surface area contributed by atoms with Crippen molar-refractivity contribution in [3.8, 4) is 0 Å². The number of thiophene rings is 1. The maximum absolute atomic E-state index is 11.8. The van der Waals surface area contributed by atoms with Gasteiger partial charge in [-0.05, 0) is 51.1 Å². The number of furan rings is 1. The van der Waals surface area contributed by atoms with E-state index in [-0.39, 0.29) is 5.91 Å². The highest BCUT2D eigenvalue weighted by molar-refractivity contribution is 9.11. The van der Waals surface area contributed by atoms with Crippen LogP contribution in [-0.4, -0.2) is 17.9 Å². The zero-order valence-electron chi connectivity index (χ0n) is 9.80. The Morgan fingerprint density at radius 1 is 1.61 bits per heavy atom. The summed E-state index contributed by atoms with van der Waals surface area (Å²) in [6, 6.07) is 5.61. The highest BCUT2D eigenvalue weighted by Gasteiger charge is 2.07. The van der Waals surface area contributed by atoms with E-state index in [1.807, 2.05) is 11.4 Å². The molecule has 0 aromatic carbocycles. The minimum absolute atomic E-state index is 0.0475. The van der Waals surface area contributed by atoms with Gasteiger partial charge in [-0.15, -0.1) is 11.3 Å². The van der Waals surface area contributed by atoms with Crippen LogP contribution in [0.25, 0.3) is 6.08 Å². The van der Waals surface area contributed by atoms with Crippen LogP contribution in [-0.2, 0) is 11.3 Å². The fourth-order valence-electron chi connectivity index (χ4n) is 1.45. The van der Waals surface area contributed by atoms with Crippen LogP contribution in [0, 0.1) is 0 Å². The molecule has 1 amide bonds. The largest absolute Gasteiger partial charge is 0.465 e. The van der Waals surface area contributed by atoms with E-state index in [4.69, 9.17) is 4.42 Å². The number of nitrogens with zero attached hydrogens (tertiary/aromatic N) is 1. The highest BCUT2D eigenvalue weighted by Crippen LogP contribution is 2.21. The van der Waals surface area contributed by atoms with Crippen molar-refractivity contribution in [2.24, 2.45) is 0 Å². The molecule has 2 aromatic rings. The molecule has 0 bridgehead atoms. The molecule has 2 rings (SSSR count). The molecule has 3 nitrogen and oxygen atoms in total. The first-order chi connectivity index (χ1) is 8.65. The summed E-state index contributed by atoms with van der Waals surface area (Å²) < 4.78 is 6.20. The lowest BCUT2D eigenvalue weighted by atomic mass is 10.3. The van der Waals surface area contributed by atoms with Crippen LogP contribution in [0.3, 0.4) is 0 Å². The average Bonchev–Trinajstić information content (AvgIpc) is 2.97. The Bertz CT molecular complexity index is 545. The molecule has 0 aliphatic heterocycles. The van der Waals surface area contributed by atoms with Gasteiger partial charge in [-0.2, -0.15) is 0 Å². The Balaban J connectivity index is 1.92. The normalized spacial score (nSPS) is 11.0. The topological polar surface area (TPSA) is 33.5 Å². The first-order valence-electron chi connectivity index (χ1n) is 5.35. The van der Waals surface area contributed by atoms with E-state index < -0.39 is 0 Å². The second-order valence-electron chi connectivity index (χ2n) is 3.80. The Morgan fingerprint density at radius 3 is 3.06 bits per heavy atom. The van der Waals surface area contributed by atoms with Crippen molar-refractivity contribution in [3.63, 3.8) is 0 Å². The number of carbonyl (C=O) groups is 1. The Morgan fingerprint density at radius 2 is 2.44 bits per heavy atom. The Hall–Kier alpha value is -1.33. The summed E-state index contributed by atoms with van der Waals surface area (Å²) in [5.74, 6) is 0.628. The smallest absolute Gasteiger partial charge is 0.246 e. The second-order valence-corrected chi connectivity index (χ2v) is 6.09. The zero-order chi connectivity index (χ0) is 13.0. The van der Waals surface area contributed by atoms with Crippen LogP contribution in [0.15, 0.2) is 44.1 Å². The number of rotatable bonds is 4. The summed E-state index contributed by atoms with van der Waals surface area (Å²) in [7, 11) is 1.78. The van der Waals surface area contributed by atoms with Crippen LogP contribution in [0.5, 0.6) is 0 Å². The molecule has 18 heavy (non-hydrogen) atoms. The van der Waals surface area contributed by atoms with Gasteiger partial charge in [-0.1, -0.05) is 0 Å². The van der Waals surface area contributed by atoms with Gasteiger partial charge in [0.05, 0.1) is 10.0 Å². The molecule has 0 aliphatic carbocycles. The zero-order valence-corrected chi connectivity index (χ0v) is 12.2. The van der Waals surface area contributed by atoms with Crippen LogP contribution >= 0.6 is 27.3 Å². The van der Waals surface area contributed by atoms with E-state index in [2.05, 4.69) is 15.9 Å². The molecule has 5 heteroatoms. The summed E-state index contributed by atoms with van der Waals surface area (Å²) in [5, 5.41) is 2.03. The van der Waals surface area contributed by atoms with E-state index in [1.54, 1.807) is 47.8 Å². The van der Waals surface area contributed by atoms with Gasteiger partial charge in [0.2, 0.25) is 5.91 Å². The van der Waals surface area contributed by atoms with Gasteiger partial charge in [0, 0.05) is 19.7 Å². The number of carbonyl (C=O) groups excluding carboxylic acids is 1. The third-order valence-corrected chi connectivity index (χ3v) is 3.90. The number of hydrogen-bond acceptors (Lipinski definition) is 3. The summed E-state index contributed by atoms with van der Waals surface area (Å²) in [4.78, 5) is 13.5. The second kappa shape index (κ2) is 6.02. The van der Waals surface area contributed by atoms with Gasteiger partial charge in [-0.25, -0.2) is 0 Å². The fourth-order valence-corrected chi connectivity index (χ4v) is 2.65. The molecule has 0 atom stereocenters. The molecule has 0 fully saturated rings. The molecule has 0 unspecified atom stereocenters. The maximum atomic E-state index is 11.8. The quantitative estimate of drug-likeness (QED) is 0.801. The first-order valence-corrected chi connectivity index (χ1v) is 7.02. The van der Waals surface area contributed by atoms with Gasteiger partial charge < -0.3 is 9.32 Å². The Kier molecular flexibility index (Phi) is 4.38. The standard InChI is InChI=1S/C13H12BrNO2S/c1-15(8-10-7-12(14)18-9-10)13(16)5-4-11-3-2-6-17-11/h2-7,9H,8H2,1H3/b5-4+. The number of hydrogen-bond donors (Lipinski definition) is 0. The van der Waals surface area contributed by atoms with Gasteiger partial charge >= 0.3 is 0 Å². The van der Waals surface area contributed by atoms with E-state index >= 15 is 0 Å². The minimum atomic E-state index is -0.0475. The van der Waals surface area contributed by atoms with Gasteiger partial charge in [0.1, 0.15) is 5.76 Å². The fraction of sp³-hybridized carbons (Fsp3) is 0.154. The number of halogens is 1. The van der Waals surface area contributed by atoms with Gasteiger partial charge in [0.25, 0.3) is 0 Å². The minimum Gasteiger partial charge on any atom is -0.465 e. The summed E-state index contributed by atoms with van der Waals surface area (Å²) in [6.07, 6.45) is 4.76. The Labute approximate surface area is 118 Å². The van der Waals surface area contributed by atoms with Crippen molar-refractivity contribution in [2.45, 2.75) is 6.54 Å². The number of likely N-dealkylation sites (N-methyl/N-ethyl adjacent to an activating group) is 1. The monoisotopic (exact) mass is 325 g/mol. The van der Waals surface area contributed by atoms with Crippen LogP contribution < -0.4 is 0 Å². The molecular weight excluding hydrogens is 314 g/mol. The predicted molar refractivity (Wildman–Crippen MR) is 76.2 cm³/mol. The van der Waals surface area contributed by atoms with Crippen LogP contribution in [0.2, 0.25) is 0 Å². The molecule has 2 heterocycles. The van der Waals surface area contributed by atoms with E-state index in [0.717, 1.165) is 9.35 Å². The molecular formula is C13H12BrNO2S. The lowest BCUT2D eigenvalue weighted by molar-refractivity contribution is -0.125. The van der Waals surface area contributed by atoms with Crippen molar-refractivity contribution in [1.82, 2.24) is 4.90 Å². The molecule has 94 valence electrons. The molecule has 0 N–H and O–H groups in total. The lowest BCUT2D eigenvalue weighted by Gasteiger charge is -2.13. The average molecular weight is 326 g/mol. The van der Waals surface area contributed by atoms with Gasteiger partial charge in [-0.3, -0.25) is 4.79 Å². The van der Waals surface area contributed by atoms with Crippen molar-refractivity contribution >= 4 is 39.2 Å². The third-order valence-electron chi connectivity index (χ3n) is 2.35. The molecule has 0 aliphatic rings. The van der Waals surface area contributed by atoms with Crippen molar-refractivity contribution < 1.29 is 9.21 Å². The predicted octanol–water partition coefficient (Wildman–Crippen LogP) is 3.78. The maximum Gasteiger partial charge on any atom is 0.246 e. The van der Waals surface area contributed by atoms with Crippen LogP contribution in [0.1, 0.15) is 11.3 Å². The van der Waals surface area contributed by atoms with Gasteiger partial charge in [0.15, 0.2) is 0 Å². The van der Waals surface area contributed by atoms with Crippen LogP contribution in [0.4, 0.5) is 0 Å². The SMILES string of the molecule is CN(Cc1csc(Br)c1)C(=O)/C=C/c1ccco1. The number of amides is 1. The van der Waals surface area contributed by atoms with E-state index in [9.17, 15) is 4.79 Å². The van der Waals surface area contributed by atoms with E-state index in [1.165, 1.54) is 6.08 Å². The molecule has 0 spiro atoms.